The molecule has 1 unspecified atom stereocenters. The fourth-order valence-corrected chi connectivity index (χ4v) is 2.52. The number of carbonyl (C=O) groups excluding carboxylic acids is 1. The van der Waals surface area contributed by atoms with Gasteiger partial charge in [-0.05, 0) is 37.7 Å². The summed E-state index contributed by atoms with van der Waals surface area (Å²) in [6, 6.07) is 0. The molecule has 0 heterocycles. The van der Waals surface area contributed by atoms with Crippen LogP contribution in [0.5, 0.6) is 0 Å². The summed E-state index contributed by atoms with van der Waals surface area (Å²) in [6.45, 7) is 10.5. The summed E-state index contributed by atoms with van der Waals surface area (Å²) in [5.74, 6) is 1.11. The quantitative estimate of drug-likeness (QED) is 0.540. The van der Waals surface area contributed by atoms with Gasteiger partial charge in [0, 0.05) is 5.92 Å². The molecule has 2 atom stereocenters. The van der Waals surface area contributed by atoms with Crippen molar-refractivity contribution in [3.8, 4) is 0 Å². The number of allylic oxidation sites excluding steroid dienone is 6. The van der Waals surface area contributed by atoms with Crippen molar-refractivity contribution in [3.63, 3.8) is 0 Å². The van der Waals surface area contributed by atoms with Crippen LogP contribution in [0.1, 0.15) is 73.1 Å². The van der Waals surface area contributed by atoms with Gasteiger partial charge >= 0.3 is 0 Å². The van der Waals surface area contributed by atoms with E-state index in [1.165, 1.54) is 24.8 Å². The van der Waals surface area contributed by atoms with Crippen LogP contribution in [0.2, 0.25) is 0 Å². The number of Topliss-reactive ketones (excluding diaryl/α,β-unsaturated/α-hetero) is 1. The van der Waals surface area contributed by atoms with Crippen LogP contribution in [0.15, 0.2) is 36.0 Å². The van der Waals surface area contributed by atoms with Crippen molar-refractivity contribution in [3.05, 3.63) is 36.0 Å². The van der Waals surface area contributed by atoms with Crippen LogP contribution in [0.4, 0.5) is 0 Å². The number of rotatable bonds is 7. The summed E-state index contributed by atoms with van der Waals surface area (Å²) in [6.07, 6.45) is 17.4. The molecule has 0 aromatic heterocycles. The van der Waals surface area contributed by atoms with Crippen molar-refractivity contribution in [2.24, 2.45) is 11.8 Å². The Balaban J connectivity index is 0.00000122. The summed E-state index contributed by atoms with van der Waals surface area (Å²) in [4.78, 5) is 11.8. The molecule has 0 fully saturated rings. The first-order valence-electron chi connectivity index (χ1n) is 8.60. The molecule has 1 aliphatic rings. The first-order valence-corrected chi connectivity index (χ1v) is 8.60. The molecule has 21 heavy (non-hydrogen) atoms. The van der Waals surface area contributed by atoms with E-state index in [0.717, 1.165) is 25.2 Å². The van der Waals surface area contributed by atoms with E-state index < -0.39 is 0 Å². The van der Waals surface area contributed by atoms with Gasteiger partial charge in [-0.1, -0.05) is 77.3 Å². The van der Waals surface area contributed by atoms with Crippen LogP contribution in [0, 0.1) is 11.8 Å². The minimum Gasteiger partial charge on any atom is -0.299 e. The summed E-state index contributed by atoms with van der Waals surface area (Å²) in [7, 11) is 0. The van der Waals surface area contributed by atoms with Gasteiger partial charge in [-0.3, -0.25) is 4.79 Å². The molecule has 1 heteroatoms. The molecule has 120 valence electrons. The normalized spacial score (nSPS) is 16.3. The van der Waals surface area contributed by atoms with Crippen molar-refractivity contribution in [1.82, 2.24) is 0 Å². The molecule has 0 aliphatic heterocycles. The van der Waals surface area contributed by atoms with Gasteiger partial charge < -0.3 is 0 Å². The van der Waals surface area contributed by atoms with E-state index in [4.69, 9.17) is 0 Å². The maximum Gasteiger partial charge on any atom is 0.137 e. The van der Waals surface area contributed by atoms with Crippen LogP contribution < -0.4 is 0 Å². The lowest BCUT2D eigenvalue weighted by Crippen LogP contribution is -2.14. The lowest BCUT2D eigenvalue weighted by molar-refractivity contribution is -0.119. The van der Waals surface area contributed by atoms with E-state index in [1.807, 2.05) is 0 Å². The number of hydrogen-bond acceptors (Lipinski definition) is 1. The van der Waals surface area contributed by atoms with E-state index in [2.05, 4.69) is 58.1 Å². The van der Waals surface area contributed by atoms with Gasteiger partial charge in [0.15, 0.2) is 0 Å². The smallest absolute Gasteiger partial charge is 0.137 e. The number of hydrogen-bond donors (Lipinski definition) is 0. The average Bonchev–Trinajstić information content (AvgIpc) is 2.69. The third-order valence-corrected chi connectivity index (χ3v) is 3.63. The maximum atomic E-state index is 11.8. The second kappa shape index (κ2) is 12.6. The molecule has 0 saturated carbocycles. The van der Waals surface area contributed by atoms with Gasteiger partial charge in [-0.15, -0.1) is 0 Å². The molecule has 0 aromatic carbocycles. The molecular weight excluding hydrogens is 256 g/mol. The molecule has 0 spiro atoms. The van der Waals surface area contributed by atoms with Crippen molar-refractivity contribution in [1.29, 1.82) is 0 Å². The van der Waals surface area contributed by atoms with Crippen LogP contribution in [0.3, 0.4) is 0 Å². The van der Waals surface area contributed by atoms with Crippen molar-refractivity contribution >= 4 is 5.78 Å². The molecule has 0 radical (unpaired) electrons. The van der Waals surface area contributed by atoms with E-state index in [-0.39, 0.29) is 5.92 Å². The Hall–Kier alpha value is -1.11. The zero-order valence-electron chi connectivity index (χ0n) is 14.7. The Morgan fingerprint density at radius 1 is 1.14 bits per heavy atom. The number of ketones is 1. The summed E-state index contributed by atoms with van der Waals surface area (Å²) >= 11 is 0. The fourth-order valence-electron chi connectivity index (χ4n) is 2.52. The van der Waals surface area contributed by atoms with E-state index in [9.17, 15) is 4.79 Å². The van der Waals surface area contributed by atoms with Gasteiger partial charge in [-0.2, -0.15) is 0 Å². The first-order chi connectivity index (χ1) is 10.1. The second-order valence-electron chi connectivity index (χ2n) is 6.07. The van der Waals surface area contributed by atoms with Gasteiger partial charge in [0.2, 0.25) is 0 Å². The summed E-state index contributed by atoms with van der Waals surface area (Å²) in [5, 5.41) is 0. The highest BCUT2D eigenvalue weighted by molar-refractivity contribution is 5.82. The average molecular weight is 290 g/mol. The Bertz CT molecular complexity index is 360. The highest BCUT2D eigenvalue weighted by Crippen LogP contribution is 2.25. The van der Waals surface area contributed by atoms with E-state index >= 15 is 0 Å². The highest BCUT2D eigenvalue weighted by atomic mass is 16.1. The minimum absolute atomic E-state index is 0.0864. The van der Waals surface area contributed by atoms with Gasteiger partial charge in [0.25, 0.3) is 0 Å². The lowest BCUT2D eigenvalue weighted by atomic mass is 9.86. The third kappa shape index (κ3) is 9.44. The minimum atomic E-state index is 0.0864. The molecule has 1 aliphatic carbocycles. The Morgan fingerprint density at radius 2 is 1.81 bits per heavy atom. The second-order valence-corrected chi connectivity index (χ2v) is 6.07. The van der Waals surface area contributed by atoms with Gasteiger partial charge in [0.05, 0.1) is 0 Å². The topological polar surface area (TPSA) is 17.1 Å². The molecule has 0 bridgehead atoms. The van der Waals surface area contributed by atoms with Crippen molar-refractivity contribution in [2.75, 3.05) is 0 Å². The lowest BCUT2D eigenvalue weighted by Gasteiger charge is -2.17. The SMILES string of the molecule is CCC.CCCC(C)CC[C@H](C(C)=O)C1=CC=CCC=C1. The van der Waals surface area contributed by atoms with Crippen molar-refractivity contribution < 1.29 is 4.79 Å². The van der Waals surface area contributed by atoms with Crippen LogP contribution in [0.25, 0.3) is 0 Å². The standard InChI is InChI=1S/C17H26O.C3H8/c1-4-9-14(2)12-13-17(15(3)18)16-10-7-5-6-8-11-16;1-3-2/h5,7-8,10-11,14,17H,4,6,9,12-13H2,1-3H3;3H2,1-2H3/t14?,17-;/m1./s1. The maximum absolute atomic E-state index is 11.8. The van der Waals surface area contributed by atoms with Crippen LogP contribution in [-0.4, -0.2) is 5.78 Å². The molecule has 0 amide bonds. The highest BCUT2D eigenvalue weighted by Gasteiger charge is 2.18. The van der Waals surface area contributed by atoms with Crippen LogP contribution >= 0.6 is 0 Å². The Kier molecular flexibility index (Phi) is 12.0. The van der Waals surface area contributed by atoms with Crippen molar-refractivity contribution in [2.45, 2.75) is 73.1 Å². The van der Waals surface area contributed by atoms with Crippen LogP contribution in [-0.2, 0) is 4.79 Å². The monoisotopic (exact) mass is 290 g/mol. The predicted octanol–water partition coefficient (Wildman–Crippen LogP) is 6.27. The largest absolute Gasteiger partial charge is 0.299 e. The predicted molar refractivity (Wildman–Crippen MR) is 94.4 cm³/mol. The third-order valence-electron chi connectivity index (χ3n) is 3.63. The molecule has 1 rings (SSSR count). The fraction of sp³-hybridized carbons (Fsp3) is 0.650. The molecular formula is C20H34O. The molecule has 0 saturated heterocycles. The zero-order valence-corrected chi connectivity index (χ0v) is 14.7. The summed E-state index contributed by atoms with van der Waals surface area (Å²) in [5.41, 5.74) is 1.18. The molecule has 0 aromatic rings. The Morgan fingerprint density at radius 3 is 2.38 bits per heavy atom. The van der Waals surface area contributed by atoms with Gasteiger partial charge in [-0.25, -0.2) is 0 Å². The molecule has 0 N–H and O–H groups in total. The zero-order chi connectivity index (χ0) is 16.1. The molecule has 1 nitrogen and oxygen atoms in total. The van der Waals surface area contributed by atoms with Gasteiger partial charge in [0.1, 0.15) is 5.78 Å². The van der Waals surface area contributed by atoms with E-state index in [1.54, 1.807) is 6.92 Å². The summed E-state index contributed by atoms with van der Waals surface area (Å²) < 4.78 is 0. The van der Waals surface area contributed by atoms with E-state index in [0.29, 0.717) is 5.78 Å². The Labute approximate surface area is 132 Å². The number of carbonyl (C=O) groups is 1. The first kappa shape index (κ1) is 19.9.